The van der Waals surface area contributed by atoms with Gasteiger partial charge in [-0.1, -0.05) is 18.2 Å². The number of hydrogen-bond acceptors (Lipinski definition) is 7. The molecule has 0 radical (unpaired) electrons. The average Bonchev–Trinajstić information content (AvgIpc) is 3.19. The molecular weight excluding hydrogens is 454 g/mol. The number of carbonyl (C=O) groups is 1. The third-order valence-corrected chi connectivity index (χ3v) is 7.26. The number of carbonyl (C=O) groups excluding carboxylic acids is 1. The molecule has 36 heavy (non-hydrogen) atoms. The van der Waals surface area contributed by atoms with Crippen LogP contribution < -0.4 is 21.5 Å². The highest BCUT2D eigenvalue weighted by atomic mass is 16.6. The summed E-state index contributed by atoms with van der Waals surface area (Å²) in [6.45, 7) is 11.2. The quantitative estimate of drug-likeness (QED) is 0.526. The molecule has 1 aliphatic heterocycles. The Bertz CT molecular complexity index is 1390. The van der Waals surface area contributed by atoms with E-state index in [4.69, 9.17) is 15.5 Å². The Morgan fingerprint density at radius 2 is 1.86 bits per heavy atom. The van der Waals surface area contributed by atoms with E-state index in [0.29, 0.717) is 39.9 Å². The number of benzene rings is 2. The summed E-state index contributed by atoms with van der Waals surface area (Å²) in [5, 5.41) is 4.07. The second kappa shape index (κ2) is 8.62. The molecule has 1 saturated heterocycles. The Hall–Kier alpha value is -3.39. The van der Waals surface area contributed by atoms with Gasteiger partial charge in [-0.25, -0.2) is 9.78 Å². The summed E-state index contributed by atoms with van der Waals surface area (Å²) in [7, 11) is 1.79. The molecule has 0 amide bonds. The lowest BCUT2D eigenvalue weighted by molar-refractivity contribution is 0.00706. The molecule has 0 bridgehead atoms. The van der Waals surface area contributed by atoms with Gasteiger partial charge in [0.15, 0.2) is 0 Å². The predicted molar refractivity (Wildman–Crippen MR) is 143 cm³/mol. The first-order chi connectivity index (χ1) is 16.9. The fourth-order valence-corrected chi connectivity index (χ4v) is 5.32. The van der Waals surface area contributed by atoms with Crippen molar-refractivity contribution in [1.29, 1.82) is 0 Å². The molecule has 1 aromatic heterocycles. The van der Waals surface area contributed by atoms with Crippen molar-refractivity contribution in [2.75, 3.05) is 23.3 Å². The highest BCUT2D eigenvalue weighted by Gasteiger charge is 2.54. The molecule has 2 fully saturated rings. The Balaban J connectivity index is 1.52. The minimum atomic E-state index is -0.594. The van der Waals surface area contributed by atoms with Gasteiger partial charge in [-0.15, -0.1) is 0 Å². The third kappa shape index (κ3) is 4.34. The van der Waals surface area contributed by atoms with E-state index in [1.54, 1.807) is 17.7 Å². The third-order valence-electron chi connectivity index (χ3n) is 7.26. The van der Waals surface area contributed by atoms with Gasteiger partial charge < -0.3 is 20.7 Å². The van der Waals surface area contributed by atoms with Crippen LogP contribution in [0.25, 0.3) is 10.9 Å². The molecule has 1 saturated carbocycles. The SMILES string of the molecule is Cc1cc(C(C)Nc2ccccc2C(=O)OC(C)(C)C)c2nc(N3CC4C(N)C4C3)n(C)c(=O)c2c1. The Morgan fingerprint density at radius 1 is 1.19 bits per heavy atom. The lowest BCUT2D eigenvalue weighted by atomic mass is 10.0. The fourth-order valence-electron chi connectivity index (χ4n) is 5.32. The Kier molecular flexibility index (Phi) is 5.82. The molecule has 3 atom stereocenters. The van der Waals surface area contributed by atoms with Crippen LogP contribution in [-0.2, 0) is 11.8 Å². The summed E-state index contributed by atoms with van der Waals surface area (Å²) in [5.41, 5.74) is 9.18. The van der Waals surface area contributed by atoms with Gasteiger partial charge in [0.2, 0.25) is 5.95 Å². The maximum absolute atomic E-state index is 13.4. The van der Waals surface area contributed by atoms with Crippen LogP contribution in [0.5, 0.6) is 0 Å². The topological polar surface area (TPSA) is 102 Å². The summed E-state index contributed by atoms with van der Waals surface area (Å²) < 4.78 is 7.26. The average molecular weight is 490 g/mol. The number of piperidine rings is 1. The van der Waals surface area contributed by atoms with E-state index in [-0.39, 0.29) is 23.6 Å². The van der Waals surface area contributed by atoms with Crippen LogP contribution in [0.2, 0.25) is 0 Å². The molecule has 5 rings (SSSR count). The van der Waals surface area contributed by atoms with Crippen LogP contribution in [0.3, 0.4) is 0 Å². The summed E-state index contributed by atoms with van der Waals surface area (Å²) >= 11 is 0. The zero-order chi connectivity index (χ0) is 25.9. The monoisotopic (exact) mass is 489 g/mol. The first kappa shape index (κ1) is 24.3. The standard InChI is InChI=1S/C28H35N5O3/c1-15-11-18(16(2)30-22-10-8-7-9-17(22)26(35)36-28(3,4)5)24-19(12-15)25(34)32(6)27(31-24)33-13-20-21(14-33)23(20)29/h7-12,16,20-21,23,30H,13-14,29H2,1-6H3. The number of nitrogens with zero attached hydrogens (tertiary/aromatic N) is 3. The van der Waals surface area contributed by atoms with Crippen LogP contribution >= 0.6 is 0 Å². The summed E-state index contributed by atoms with van der Waals surface area (Å²) in [4.78, 5) is 33.5. The normalized spacial score (nSPS) is 21.9. The number of rotatable bonds is 5. The van der Waals surface area contributed by atoms with Gasteiger partial charge in [-0.3, -0.25) is 9.36 Å². The molecule has 2 aromatic carbocycles. The number of fused-ring (bicyclic) bond motifs is 2. The molecule has 0 spiro atoms. The molecule has 3 unspecified atom stereocenters. The predicted octanol–water partition coefficient (Wildman–Crippen LogP) is 3.76. The van der Waals surface area contributed by atoms with Crippen LogP contribution in [0.4, 0.5) is 11.6 Å². The van der Waals surface area contributed by atoms with Crippen LogP contribution in [0.15, 0.2) is 41.2 Å². The van der Waals surface area contributed by atoms with Gasteiger partial charge in [0.1, 0.15) is 5.60 Å². The van der Waals surface area contributed by atoms with Crippen LogP contribution in [-0.4, -0.2) is 40.3 Å². The van der Waals surface area contributed by atoms with Crippen molar-refractivity contribution in [3.63, 3.8) is 0 Å². The first-order valence-corrected chi connectivity index (χ1v) is 12.6. The number of ether oxygens (including phenoxy) is 1. The van der Waals surface area contributed by atoms with Gasteiger partial charge in [0.25, 0.3) is 5.56 Å². The summed E-state index contributed by atoms with van der Waals surface area (Å²) in [6.07, 6.45) is 0. The van der Waals surface area contributed by atoms with E-state index < -0.39 is 5.60 Å². The number of para-hydroxylation sites is 1. The second-order valence-electron chi connectivity index (χ2n) is 11.2. The number of esters is 1. The van der Waals surface area contributed by atoms with Crippen LogP contribution in [0.1, 0.15) is 55.2 Å². The smallest absolute Gasteiger partial charge is 0.340 e. The number of hydrogen-bond donors (Lipinski definition) is 2. The van der Waals surface area contributed by atoms with E-state index in [1.165, 1.54) is 0 Å². The van der Waals surface area contributed by atoms with Gasteiger partial charge >= 0.3 is 5.97 Å². The minimum Gasteiger partial charge on any atom is -0.456 e. The van der Waals surface area contributed by atoms with Crippen molar-refractivity contribution in [3.8, 4) is 0 Å². The van der Waals surface area contributed by atoms with E-state index >= 15 is 0 Å². The molecule has 2 aliphatic rings. The van der Waals surface area contributed by atoms with E-state index in [0.717, 1.165) is 24.2 Å². The highest BCUT2D eigenvalue weighted by Crippen LogP contribution is 2.45. The van der Waals surface area contributed by atoms with Crippen molar-refractivity contribution in [3.05, 3.63) is 63.4 Å². The molecule has 3 N–H and O–H groups in total. The maximum atomic E-state index is 13.4. The second-order valence-corrected chi connectivity index (χ2v) is 11.2. The lowest BCUT2D eigenvalue weighted by Gasteiger charge is -2.25. The summed E-state index contributed by atoms with van der Waals surface area (Å²) in [5.74, 6) is 1.27. The van der Waals surface area contributed by atoms with Crippen molar-refractivity contribution in [2.45, 2.75) is 52.3 Å². The van der Waals surface area contributed by atoms with Crippen molar-refractivity contribution in [1.82, 2.24) is 9.55 Å². The van der Waals surface area contributed by atoms with E-state index in [9.17, 15) is 9.59 Å². The number of aryl methyl sites for hydroxylation is 1. The minimum absolute atomic E-state index is 0.0637. The lowest BCUT2D eigenvalue weighted by Crippen LogP contribution is -2.34. The largest absolute Gasteiger partial charge is 0.456 e. The van der Waals surface area contributed by atoms with Crippen molar-refractivity contribution >= 4 is 28.5 Å². The molecule has 8 heteroatoms. The number of nitrogens with two attached hydrogens (primary N) is 1. The van der Waals surface area contributed by atoms with Gasteiger partial charge in [-0.2, -0.15) is 0 Å². The zero-order valence-electron chi connectivity index (χ0n) is 21.8. The van der Waals surface area contributed by atoms with E-state index in [1.807, 2.05) is 58.9 Å². The molecule has 190 valence electrons. The molecule has 1 aliphatic carbocycles. The molecule has 3 aromatic rings. The zero-order valence-corrected chi connectivity index (χ0v) is 21.8. The Labute approximate surface area is 211 Å². The maximum Gasteiger partial charge on any atom is 0.340 e. The number of nitrogens with one attached hydrogen (secondary N) is 1. The highest BCUT2D eigenvalue weighted by molar-refractivity contribution is 5.96. The summed E-state index contributed by atoms with van der Waals surface area (Å²) in [6, 6.07) is 11.3. The van der Waals surface area contributed by atoms with Crippen LogP contribution in [0, 0.1) is 18.8 Å². The number of anilines is 2. The van der Waals surface area contributed by atoms with Gasteiger partial charge in [-0.05, 0) is 70.2 Å². The van der Waals surface area contributed by atoms with Gasteiger partial charge in [0, 0.05) is 37.4 Å². The van der Waals surface area contributed by atoms with E-state index in [2.05, 4.69) is 16.3 Å². The Morgan fingerprint density at radius 3 is 2.53 bits per heavy atom. The van der Waals surface area contributed by atoms with Gasteiger partial charge in [0.05, 0.1) is 22.5 Å². The first-order valence-electron chi connectivity index (χ1n) is 12.6. The van der Waals surface area contributed by atoms with Crippen molar-refractivity contribution in [2.24, 2.45) is 24.6 Å². The molecule has 2 heterocycles. The molecular formula is C28H35N5O3. The fraction of sp³-hybridized carbons (Fsp3) is 0.464. The van der Waals surface area contributed by atoms with Crippen molar-refractivity contribution < 1.29 is 9.53 Å². The molecule has 8 nitrogen and oxygen atoms in total. The number of aromatic nitrogens is 2.